The van der Waals surface area contributed by atoms with Crippen LogP contribution in [0.4, 0.5) is 5.69 Å². The van der Waals surface area contributed by atoms with Gasteiger partial charge >= 0.3 is 0 Å². The number of hydrogen-bond acceptors (Lipinski definition) is 3. The lowest BCUT2D eigenvalue weighted by atomic mass is 10.1. The first-order valence-corrected chi connectivity index (χ1v) is 8.73. The fraction of sp³-hybridized carbons (Fsp3) is 0.0909. The summed E-state index contributed by atoms with van der Waals surface area (Å²) in [5.41, 5.74) is 3.80. The third kappa shape index (κ3) is 3.98. The van der Waals surface area contributed by atoms with Crippen LogP contribution in [0.3, 0.4) is 0 Å². The van der Waals surface area contributed by atoms with E-state index < -0.39 is 0 Å². The number of nitrogens with zero attached hydrogens (tertiary/aromatic N) is 1. The third-order valence-corrected chi connectivity index (χ3v) is 4.29. The van der Waals surface area contributed by atoms with E-state index in [1.165, 1.54) is 5.56 Å². The number of nitrogens with one attached hydrogen (secondary N) is 2. The lowest BCUT2D eigenvalue weighted by Crippen LogP contribution is -2.14. The van der Waals surface area contributed by atoms with Gasteiger partial charge < -0.3 is 15.0 Å². The van der Waals surface area contributed by atoms with Crippen molar-refractivity contribution in [3.63, 3.8) is 0 Å². The Labute approximate surface area is 157 Å². The summed E-state index contributed by atoms with van der Waals surface area (Å²) < 4.78 is 5.70. The van der Waals surface area contributed by atoms with E-state index in [-0.39, 0.29) is 5.91 Å². The summed E-state index contributed by atoms with van der Waals surface area (Å²) in [5, 5.41) is 3.94. The molecule has 27 heavy (non-hydrogen) atoms. The number of H-pyrrole nitrogens is 1. The molecule has 2 N–H and O–H groups in total. The van der Waals surface area contributed by atoms with Crippen LogP contribution in [-0.4, -0.2) is 15.9 Å². The van der Waals surface area contributed by atoms with Crippen molar-refractivity contribution in [2.24, 2.45) is 0 Å². The Balaban J connectivity index is 1.39. The highest BCUT2D eigenvalue weighted by atomic mass is 16.5. The van der Waals surface area contributed by atoms with Gasteiger partial charge in [-0.3, -0.25) is 4.79 Å². The lowest BCUT2D eigenvalue weighted by molar-refractivity contribution is -0.115. The molecule has 0 unspecified atom stereocenters. The smallest absolute Gasteiger partial charge is 0.228 e. The largest absolute Gasteiger partial charge is 0.439 e. The summed E-state index contributed by atoms with van der Waals surface area (Å²) >= 11 is 0. The highest BCUT2D eigenvalue weighted by Crippen LogP contribution is 2.21. The summed E-state index contributed by atoms with van der Waals surface area (Å²) in [6, 6.07) is 19.2. The van der Waals surface area contributed by atoms with E-state index in [2.05, 4.69) is 15.3 Å². The minimum Gasteiger partial charge on any atom is -0.439 e. The molecule has 0 saturated heterocycles. The molecule has 0 saturated carbocycles. The first kappa shape index (κ1) is 16.8. The molecule has 5 heteroatoms. The van der Waals surface area contributed by atoms with Crippen LogP contribution in [0.25, 0.3) is 10.9 Å². The van der Waals surface area contributed by atoms with Crippen molar-refractivity contribution in [3.05, 3.63) is 84.2 Å². The zero-order valence-electron chi connectivity index (χ0n) is 14.9. The zero-order chi connectivity index (χ0) is 18.6. The number of aromatic nitrogens is 2. The first-order valence-electron chi connectivity index (χ1n) is 8.73. The Kier molecular flexibility index (Phi) is 4.58. The standard InChI is InChI=1S/C22H19N3O2/c1-15-6-9-18(10-7-15)27-22-11-8-17(14-24-22)25-21(26)12-16-13-23-20-5-3-2-4-19(16)20/h2-11,13-14,23H,12H2,1H3,(H,25,26). The summed E-state index contributed by atoms with van der Waals surface area (Å²) in [7, 11) is 0. The van der Waals surface area contributed by atoms with Gasteiger partial charge in [0, 0.05) is 23.2 Å². The molecule has 4 aromatic rings. The Morgan fingerprint density at radius 1 is 1.07 bits per heavy atom. The molecule has 2 heterocycles. The van der Waals surface area contributed by atoms with E-state index in [1.807, 2.05) is 61.7 Å². The average Bonchev–Trinajstić information content (AvgIpc) is 3.08. The molecule has 2 aromatic heterocycles. The normalized spacial score (nSPS) is 10.7. The van der Waals surface area contributed by atoms with Gasteiger partial charge in [0.1, 0.15) is 5.75 Å². The van der Waals surface area contributed by atoms with Crippen molar-refractivity contribution < 1.29 is 9.53 Å². The molecule has 4 rings (SSSR count). The van der Waals surface area contributed by atoms with Gasteiger partial charge in [-0.25, -0.2) is 4.98 Å². The highest BCUT2D eigenvalue weighted by molar-refractivity contribution is 5.95. The minimum absolute atomic E-state index is 0.0891. The van der Waals surface area contributed by atoms with Crippen LogP contribution in [-0.2, 0) is 11.2 Å². The number of carbonyl (C=O) groups excluding carboxylic acids is 1. The lowest BCUT2D eigenvalue weighted by Gasteiger charge is -2.07. The molecular formula is C22H19N3O2. The highest BCUT2D eigenvalue weighted by Gasteiger charge is 2.09. The van der Waals surface area contributed by atoms with Gasteiger partial charge in [-0.1, -0.05) is 35.9 Å². The Morgan fingerprint density at radius 2 is 1.89 bits per heavy atom. The maximum Gasteiger partial charge on any atom is 0.228 e. The van der Waals surface area contributed by atoms with Crippen molar-refractivity contribution in [1.29, 1.82) is 0 Å². The summed E-state index contributed by atoms with van der Waals surface area (Å²) in [6.45, 7) is 2.02. The molecule has 0 radical (unpaired) electrons. The number of ether oxygens (including phenoxy) is 1. The van der Waals surface area contributed by atoms with Crippen LogP contribution >= 0.6 is 0 Å². The van der Waals surface area contributed by atoms with Crippen LogP contribution in [0, 0.1) is 6.92 Å². The molecule has 2 aromatic carbocycles. The molecule has 0 aliphatic carbocycles. The summed E-state index contributed by atoms with van der Waals surface area (Å²) in [4.78, 5) is 19.8. The third-order valence-electron chi connectivity index (χ3n) is 4.29. The monoisotopic (exact) mass is 357 g/mol. The second kappa shape index (κ2) is 7.33. The van der Waals surface area contributed by atoms with E-state index in [1.54, 1.807) is 18.3 Å². The van der Waals surface area contributed by atoms with E-state index in [9.17, 15) is 4.79 Å². The summed E-state index contributed by atoms with van der Waals surface area (Å²) in [6.07, 6.45) is 3.77. The Hall–Kier alpha value is -3.60. The van der Waals surface area contributed by atoms with E-state index in [0.717, 1.165) is 22.2 Å². The van der Waals surface area contributed by atoms with Crippen LogP contribution in [0.15, 0.2) is 73.1 Å². The van der Waals surface area contributed by atoms with Crippen LogP contribution in [0.5, 0.6) is 11.6 Å². The van der Waals surface area contributed by atoms with Crippen LogP contribution < -0.4 is 10.1 Å². The second-order valence-electron chi connectivity index (χ2n) is 6.38. The molecule has 134 valence electrons. The number of rotatable bonds is 5. The van der Waals surface area contributed by atoms with Gasteiger partial charge in [0.05, 0.1) is 18.3 Å². The van der Waals surface area contributed by atoms with Gasteiger partial charge in [0.25, 0.3) is 0 Å². The van der Waals surface area contributed by atoms with Gasteiger partial charge in [0.15, 0.2) is 0 Å². The number of para-hydroxylation sites is 1. The van der Waals surface area contributed by atoms with Crippen LogP contribution in [0.1, 0.15) is 11.1 Å². The molecule has 0 aliphatic heterocycles. The molecule has 0 bridgehead atoms. The molecule has 1 amide bonds. The fourth-order valence-corrected chi connectivity index (χ4v) is 2.90. The molecule has 0 fully saturated rings. The average molecular weight is 357 g/mol. The number of pyridine rings is 1. The number of anilines is 1. The molecule has 5 nitrogen and oxygen atoms in total. The number of carbonyl (C=O) groups is 1. The van der Waals surface area contributed by atoms with Gasteiger partial charge in [0.2, 0.25) is 11.8 Å². The molecule has 0 atom stereocenters. The van der Waals surface area contributed by atoms with E-state index in [4.69, 9.17) is 4.74 Å². The van der Waals surface area contributed by atoms with Gasteiger partial charge in [-0.2, -0.15) is 0 Å². The first-order chi connectivity index (χ1) is 13.2. The maximum atomic E-state index is 12.3. The van der Waals surface area contributed by atoms with Crippen LogP contribution in [0.2, 0.25) is 0 Å². The number of benzene rings is 2. The van der Waals surface area contributed by atoms with Crippen molar-refractivity contribution in [2.75, 3.05) is 5.32 Å². The second-order valence-corrected chi connectivity index (χ2v) is 6.38. The van der Waals surface area contributed by atoms with Crippen molar-refractivity contribution in [3.8, 4) is 11.6 Å². The fourth-order valence-electron chi connectivity index (χ4n) is 2.90. The van der Waals surface area contributed by atoms with Crippen molar-refractivity contribution in [2.45, 2.75) is 13.3 Å². The Bertz CT molecular complexity index is 1070. The number of amides is 1. The summed E-state index contributed by atoms with van der Waals surface area (Å²) in [5.74, 6) is 1.12. The van der Waals surface area contributed by atoms with Crippen molar-refractivity contribution >= 4 is 22.5 Å². The topological polar surface area (TPSA) is 67.0 Å². The van der Waals surface area contributed by atoms with Gasteiger partial charge in [-0.05, 0) is 36.8 Å². The van der Waals surface area contributed by atoms with Crippen molar-refractivity contribution in [1.82, 2.24) is 9.97 Å². The Morgan fingerprint density at radius 3 is 2.67 bits per heavy atom. The minimum atomic E-state index is -0.0891. The predicted octanol–water partition coefficient (Wildman–Crippen LogP) is 4.84. The van der Waals surface area contributed by atoms with Gasteiger partial charge in [-0.15, -0.1) is 0 Å². The predicted molar refractivity (Wildman–Crippen MR) is 106 cm³/mol. The molecule has 0 aliphatic rings. The number of aromatic amines is 1. The number of hydrogen-bond donors (Lipinski definition) is 2. The zero-order valence-corrected chi connectivity index (χ0v) is 14.9. The maximum absolute atomic E-state index is 12.3. The molecular weight excluding hydrogens is 338 g/mol. The quantitative estimate of drug-likeness (QED) is 0.537. The number of fused-ring (bicyclic) bond motifs is 1. The van der Waals surface area contributed by atoms with E-state index in [0.29, 0.717) is 18.0 Å². The SMILES string of the molecule is Cc1ccc(Oc2ccc(NC(=O)Cc3c[nH]c4ccccc34)cn2)cc1. The van der Waals surface area contributed by atoms with E-state index >= 15 is 0 Å². The number of aryl methyl sites for hydroxylation is 1. The molecule has 0 spiro atoms.